The molecule has 0 fully saturated rings. The summed E-state index contributed by atoms with van der Waals surface area (Å²) in [5.74, 6) is -1.76. The molecular weight excluding hydrogens is 416 g/mol. The molecule has 1 amide bonds. The first-order valence-corrected chi connectivity index (χ1v) is 9.51. The highest BCUT2D eigenvalue weighted by atomic mass is 19.4. The summed E-state index contributed by atoms with van der Waals surface area (Å²) in [6.45, 7) is 2.27. The molecule has 0 aliphatic heterocycles. The molecule has 10 heteroatoms. The maximum Gasteiger partial charge on any atom is 0.435 e. The van der Waals surface area contributed by atoms with Gasteiger partial charge < -0.3 is 10.1 Å². The number of nitrogens with one attached hydrogen (secondary N) is 1. The lowest BCUT2D eigenvalue weighted by molar-refractivity contribution is -0.143. The summed E-state index contributed by atoms with van der Waals surface area (Å²) in [7, 11) is 0. The molecule has 0 saturated carbocycles. The van der Waals surface area contributed by atoms with Crippen LogP contribution in [0.4, 0.5) is 17.6 Å². The SMILES string of the molecule is CC(OCCCNC(=O)c1nnn(-c2cccc(F)c2)c1C(F)(F)F)c1ccccc1. The number of carbonyl (C=O) groups excluding carboxylic acids is 1. The van der Waals surface area contributed by atoms with Gasteiger partial charge in [0.1, 0.15) is 5.82 Å². The molecule has 0 radical (unpaired) electrons. The Balaban J connectivity index is 1.61. The Kier molecular flexibility index (Phi) is 7.01. The van der Waals surface area contributed by atoms with Crippen LogP contribution >= 0.6 is 0 Å². The number of hydrogen-bond donors (Lipinski definition) is 1. The molecule has 31 heavy (non-hydrogen) atoms. The fourth-order valence-corrected chi connectivity index (χ4v) is 2.92. The van der Waals surface area contributed by atoms with E-state index in [1.165, 1.54) is 12.1 Å². The van der Waals surface area contributed by atoms with Crippen LogP contribution in [0.3, 0.4) is 0 Å². The predicted octanol–water partition coefficient (Wildman–Crippen LogP) is 4.32. The first kappa shape index (κ1) is 22.4. The number of aromatic nitrogens is 3. The van der Waals surface area contributed by atoms with Crippen LogP contribution in [-0.2, 0) is 10.9 Å². The van der Waals surface area contributed by atoms with Gasteiger partial charge in [-0.3, -0.25) is 4.79 Å². The fourth-order valence-electron chi connectivity index (χ4n) is 2.92. The van der Waals surface area contributed by atoms with E-state index in [1.807, 2.05) is 37.3 Å². The summed E-state index contributed by atoms with van der Waals surface area (Å²) in [4.78, 5) is 12.3. The van der Waals surface area contributed by atoms with Crippen molar-refractivity contribution in [3.63, 3.8) is 0 Å². The Morgan fingerprint density at radius 1 is 1.16 bits per heavy atom. The number of benzene rings is 2. The topological polar surface area (TPSA) is 69.0 Å². The minimum Gasteiger partial charge on any atom is -0.374 e. The number of nitrogens with zero attached hydrogens (tertiary/aromatic N) is 3. The number of rotatable bonds is 8. The second-order valence-electron chi connectivity index (χ2n) is 6.71. The highest BCUT2D eigenvalue weighted by Gasteiger charge is 2.42. The fraction of sp³-hybridized carbons (Fsp3) is 0.286. The Hall–Kier alpha value is -3.27. The highest BCUT2D eigenvalue weighted by molar-refractivity contribution is 5.93. The summed E-state index contributed by atoms with van der Waals surface area (Å²) in [5, 5.41) is 9.19. The van der Waals surface area contributed by atoms with Gasteiger partial charge >= 0.3 is 6.18 Å². The van der Waals surface area contributed by atoms with Crippen molar-refractivity contribution in [2.45, 2.75) is 25.6 Å². The van der Waals surface area contributed by atoms with Crippen molar-refractivity contribution < 1.29 is 27.1 Å². The van der Waals surface area contributed by atoms with E-state index in [1.54, 1.807) is 0 Å². The van der Waals surface area contributed by atoms with E-state index < -0.39 is 29.3 Å². The lowest BCUT2D eigenvalue weighted by atomic mass is 10.1. The van der Waals surface area contributed by atoms with Crippen molar-refractivity contribution in [1.82, 2.24) is 20.3 Å². The number of amides is 1. The smallest absolute Gasteiger partial charge is 0.374 e. The highest BCUT2D eigenvalue weighted by Crippen LogP contribution is 2.32. The molecule has 1 atom stereocenters. The second kappa shape index (κ2) is 9.69. The number of halogens is 4. The van der Waals surface area contributed by atoms with Crippen molar-refractivity contribution in [3.8, 4) is 5.69 Å². The van der Waals surface area contributed by atoms with Gasteiger partial charge in [-0.1, -0.05) is 41.6 Å². The van der Waals surface area contributed by atoms with Crippen molar-refractivity contribution in [2.24, 2.45) is 0 Å². The van der Waals surface area contributed by atoms with Crippen molar-refractivity contribution in [2.75, 3.05) is 13.2 Å². The van der Waals surface area contributed by atoms with Crippen LogP contribution < -0.4 is 5.32 Å². The average Bonchev–Trinajstić information content (AvgIpc) is 3.20. The molecule has 0 aliphatic carbocycles. The van der Waals surface area contributed by atoms with E-state index in [4.69, 9.17) is 4.74 Å². The van der Waals surface area contributed by atoms with Crippen LogP contribution in [0.5, 0.6) is 0 Å². The zero-order valence-electron chi connectivity index (χ0n) is 16.6. The van der Waals surface area contributed by atoms with Gasteiger partial charge in [0, 0.05) is 13.2 Å². The lowest BCUT2D eigenvalue weighted by Crippen LogP contribution is -2.28. The van der Waals surface area contributed by atoms with E-state index in [0.29, 0.717) is 17.7 Å². The van der Waals surface area contributed by atoms with Gasteiger partial charge in [0.25, 0.3) is 5.91 Å². The minimum atomic E-state index is -4.92. The van der Waals surface area contributed by atoms with Gasteiger partial charge in [-0.25, -0.2) is 9.07 Å². The van der Waals surface area contributed by atoms with Crippen LogP contribution in [-0.4, -0.2) is 34.1 Å². The molecule has 164 valence electrons. The first-order valence-electron chi connectivity index (χ1n) is 9.51. The summed E-state index contributed by atoms with van der Waals surface area (Å²) < 4.78 is 60.3. The van der Waals surface area contributed by atoms with Crippen LogP contribution in [0.25, 0.3) is 5.69 Å². The van der Waals surface area contributed by atoms with E-state index in [0.717, 1.165) is 17.7 Å². The Bertz CT molecular complexity index is 1020. The molecule has 0 bridgehead atoms. The van der Waals surface area contributed by atoms with Crippen molar-refractivity contribution >= 4 is 5.91 Å². The third-order valence-electron chi connectivity index (χ3n) is 4.45. The van der Waals surface area contributed by atoms with Crippen LogP contribution in [0, 0.1) is 5.82 Å². The van der Waals surface area contributed by atoms with E-state index in [-0.39, 0.29) is 18.3 Å². The van der Waals surface area contributed by atoms with Crippen molar-refractivity contribution in [1.29, 1.82) is 0 Å². The standard InChI is InChI=1S/C21H20F4N4O2/c1-14(15-7-3-2-4-8-15)31-12-6-11-26-20(30)18-19(21(23,24)25)29(28-27-18)17-10-5-9-16(22)13-17/h2-5,7-10,13-14H,6,11-12H2,1H3,(H,26,30). The monoisotopic (exact) mass is 436 g/mol. The number of hydrogen-bond acceptors (Lipinski definition) is 4. The second-order valence-corrected chi connectivity index (χ2v) is 6.71. The summed E-state index contributed by atoms with van der Waals surface area (Å²) in [6.07, 6.45) is -4.68. The molecule has 1 heterocycles. The van der Waals surface area contributed by atoms with E-state index >= 15 is 0 Å². The number of ether oxygens (including phenoxy) is 1. The molecule has 1 N–H and O–H groups in total. The molecule has 6 nitrogen and oxygen atoms in total. The maximum atomic E-state index is 13.6. The van der Waals surface area contributed by atoms with Crippen molar-refractivity contribution in [3.05, 3.63) is 77.4 Å². The third-order valence-corrected chi connectivity index (χ3v) is 4.45. The molecule has 1 unspecified atom stereocenters. The molecular formula is C21H20F4N4O2. The molecule has 1 aromatic heterocycles. The van der Waals surface area contributed by atoms with E-state index in [9.17, 15) is 22.4 Å². The maximum absolute atomic E-state index is 13.6. The van der Waals surface area contributed by atoms with Crippen LogP contribution in [0.1, 0.15) is 41.2 Å². The normalized spacial score (nSPS) is 12.5. The Labute approximate surface area is 175 Å². The third kappa shape index (κ3) is 5.66. The van der Waals surface area contributed by atoms with Gasteiger partial charge in [-0.2, -0.15) is 13.2 Å². The zero-order chi connectivity index (χ0) is 22.4. The van der Waals surface area contributed by atoms with Gasteiger partial charge in [0.15, 0.2) is 11.4 Å². The largest absolute Gasteiger partial charge is 0.435 e. The van der Waals surface area contributed by atoms with Gasteiger partial charge in [0.05, 0.1) is 11.8 Å². The van der Waals surface area contributed by atoms with E-state index in [2.05, 4.69) is 15.6 Å². The quantitative estimate of drug-likeness (QED) is 0.422. The lowest BCUT2D eigenvalue weighted by Gasteiger charge is -2.13. The molecule has 3 rings (SSSR count). The molecule has 3 aromatic rings. The number of carbonyl (C=O) groups is 1. The Morgan fingerprint density at radius 2 is 1.90 bits per heavy atom. The molecule has 0 saturated heterocycles. The summed E-state index contributed by atoms with van der Waals surface area (Å²) >= 11 is 0. The Morgan fingerprint density at radius 3 is 2.58 bits per heavy atom. The molecule has 0 spiro atoms. The van der Waals surface area contributed by atoms with Gasteiger partial charge in [0.2, 0.25) is 0 Å². The molecule has 0 aliphatic rings. The van der Waals surface area contributed by atoms with Crippen LogP contribution in [0.2, 0.25) is 0 Å². The average molecular weight is 436 g/mol. The summed E-state index contributed by atoms with van der Waals surface area (Å²) in [5.41, 5.74) is -1.45. The zero-order valence-corrected chi connectivity index (χ0v) is 16.6. The van der Waals surface area contributed by atoms with Gasteiger partial charge in [-0.05, 0) is 37.1 Å². The molecule has 2 aromatic carbocycles. The van der Waals surface area contributed by atoms with Crippen LogP contribution in [0.15, 0.2) is 54.6 Å². The number of alkyl halides is 3. The summed E-state index contributed by atoms with van der Waals surface area (Å²) in [6, 6.07) is 14.0. The first-order chi connectivity index (χ1) is 14.8. The minimum absolute atomic E-state index is 0.0878. The predicted molar refractivity (Wildman–Crippen MR) is 104 cm³/mol. The van der Waals surface area contributed by atoms with Gasteiger partial charge in [-0.15, -0.1) is 5.10 Å².